The first-order chi connectivity index (χ1) is 8.61. The number of rotatable bonds is 0. The van der Waals surface area contributed by atoms with Gasteiger partial charge < -0.3 is 1.43 Å². The topological polar surface area (TPSA) is 0 Å². The fourth-order valence-electron chi connectivity index (χ4n) is 2.94. The molecule has 0 aliphatic carbocycles. The molecule has 19 heavy (non-hydrogen) atoms. The maximum Gasteiger partial charge on any atom is 1.00 e. The fraction of sp³-hybridized carbons (Fsp3) is 0.222. The van der Waals surface area contributed by atoms with Crippen LogP contribution in [0.25, 0.3) is 21.5 Å². The molecule has 0 saturated carbocycles. The third-order valence-electron chi connectivity index (χ3n) is 4.40. The van der Waals surface area contributed by atoms with Crippen LogP contribution in [-0.4, -0.2) is 0 Å². The summed E-state index contributed by atoms with van der Waals surface area (Å²) < 4.78 is 0. The predicted molar refractivity (Wildman–Crippen MR) is 81.5 cm³/mol. The number of aryl methyl sites for hydroxylation is 2. The van der Waals surface area contributed by atoms with Crippen LogP contribution >= 0.6 is 0 Å². The van der Waals surface area contributed by atoms with E-state index in [9.17, 15) is 0 Å². The first kappa shape index (κ1) is 14.2. The van der Waals surface area contributed by atoms with Gasteiger partial charge in [0.25, 0.3) is 0 Å². The fourth-order valence-corrected chi connectivity index (χ4v) is 2.94. The Morgan fingerprint density at radius 1 is 0.632 bits per heavy atom. The van der Waals surface area contributed by atoms with E-state index in [2.05, 4.69) is 64.1 Å². The van der Waals surface area contributed by atoms with Crippen LogP contribution in [0.5, 0.6) is 0 Å². The van der Waals surface area contributed by atoms with Crippen molar-refractivity contribution >= 4 is 21.5 Å². The Hall–Kier alpha value is -1.22. The van der Waals surface area contributed by atoms with Crippen molar-refractivity contribution < 1.29 is 20.3 Å². The van der Waals surface area contributed by atoms with E-state index in [4.69, 9.17) is 0 Å². The molecule has 1 heteroatoms. The summed E-state index contributed by atoms with van der Waals surface area (Å²) >= 11 is 0. The van der Waals surface area contributed by atoms with E-state index in [-0.39, 0.29) is 20.3 Å². The summed E-state index contributed by atoms with van der Waals surface area (Å²) in [5.74, 6) is 0. The number of benzene rings is 3. The molecule has 0 amide bonds. The minimum atomic E-state index is 0. The maximum absolute atomic E-state index is 2.27. The van der Waals surface area contributed by atoms with E-state index in [0.717, 1.165) is 0 Å². The first-order valence-electron chi connectivity index (χ1n) is 6.49. The van der Waals surface area contributed by atoms with Gasteiger partial charge in [-0.25, -0.2) is 0 Å². The summed E-state index contributed by atoms with van der Waals surface area (Å²) in [6, 6.07) is 13.2. The van der Waals surface area contributed by atoms with Crippen molar-refractivity contribution in [3.63, 3.8) is 0 Å². The minimum absolute atomic E-state index is 0. The Balaban J connectivity index is 0.000001000. The third-order valence-corrected chi connectivity index (χ3v) is 4.40. The second-order valence-corrected chi connectivity index (χ2v) is 5.21. The molecular formula is C18H19Li. The Labute approximate surface area is 128 Å². The van der Waals surface area contributed by atoms with E-state index in [1.807, 2.05) is 0 Å². The maximum atomic E-state index is 2.27. The normalized spacial score (nSPS) is 10.7. The van der Waals surface area contributed by atoms with Crippen LogP contribution < -0.4 is 18.9 Å². The summed E-state index contributed by atoms with van der Waals surface area (Å²) in [6.45, 7) is 8.95. The Kier molecular flexibility index (Phi) is 3.77. The van der Waals surface area contributed by atoms with E-state index < -0.39 is 0 Å². The summed E-state index contributed by atoms with van der Waals surface area (Å²) in [5, 5.41) is 5.53. The average Bonchev–Trinajstić information content (AvgIpc) is 2.41. The van der Waals surface area contributed by atoms with Gasteiger partial charge in [-0.3, -0.25) is 0 Å². The average molecular weight is 242 g/mol. The second kappa shape index (κ2) is 5.04. The van der Waals surface area contributed by atoms with Gasteiger partial charge in [0.1, 0.15) is 0 Å². The van der Waals surface area contributed by atoms with Crippen LogP contribution in [0.2, 0.25) is 0 Å². The molecule has 3 rings (SSSR count). The van der Waals surface area contributed by atoms with E-state index in [1.54, 1.807) is 0 Å². The summed E-state index contributed by atoms with van der Waals surface area (Å²) in [7, 11) is 0. The SMILES string of the molecule is Cc1c(C)c(C)c2c(ccc3ccccc32)c1C.[H-].[Li+]. The van der Waals surface area contributed by atoms with Crippen LogP contribution in [-0.2, 0) is 0 Å². The zero-order valence-corrected chi connectivity index (χ0v) is 12.5. The molecule has 0 atom stereocenters. The van der Waals surface area contributed by atoms with Crippen molar-refractivity contribution in [1.82, 2.24) is 0 Å². The molecule has 0 spiro atoms. The monoisotopic (exact) mass is 242 g/mol. The zero-order valence-electron chi connectivity index (χ0n) is 13.5. The number of hydrogen-bond donors (Lipinski definition) is 0. The van der Waals surface area contributed by atoms with Crippen LogP contribution in [0, 0.1) is 27.7 Å². The third kappa shape index (κ3) is 2.00. The molecule has 0 aliphatic rings. The summed E-state index contributed by atoms with van der Waals surface area (Å²) in [5.41, 5.74) is 5.69. The summed E-state index contributed by atoms with van der Waals surface area (Å²) in [6.07, 6.45) is 0. The molecule has 3 aromatic rings. The second-order valence-electron chi connectivity index (χ2n) is 5.21. The van der Waals surface area contributed by atoms with Gasteiger partial charge in [-0.05, 0) is 71.5 Å². The van der Waals surface area contributed by atoms with Crippen LogP contribution in [0.4, 0.5) is 0 Å². The standard InChI is InChI=1S/C18H18.Li.H/c1-11-12(2)14(4)18-16(13(11)3)10-9-15-7-5-6-8-17(15)18;;/h5-10H,1-4H3;;/q;+1;-1. The van der Waals surface area contributed by atoms with Crippen molar-refractivity contribution in [1.29, 1.82) is 0 Å². The molecule has 92 valence electrons. The summed E-state index contributed by atoms with van der Waals surface area (Å²) in [4.78, 5) is 0. The van der Waals surface area contributed by atoms with Crippen LogP contribution in [0.15, 0.2) is 36.4 Å². The van der Waals surface area contributed by atoms with Crippen molar-refractivity contribution in [2.45, 2.75) is 27.7 Å². The van der Waals surface area contributed by atoms with E-state index in [0.29, 0.717) is 0 Å². The van der Waals surface area contributed by atoms with E-state index >= 15 is 0 Å². The van der Waals surface area contributed by atoms with Crippen molar-refractivity contribution in [2.24, 2.45) is 0 Å². The smallest absolute Gasteiger partial charge is 1.00 e. The Morgan fingerprint density at radius 3 is 2.00 bits per heavy atom. The van der Waals surface area contributed by atoms with Gasteiger partial charge in [-0.2, -0.15) is 0 Å². The first-order valence-corrected chi connectivity index (χ1v) is 6.49. The van der Waals surface area contributed by atoms with Gasteiger partial charge in [0.15, 0.2) is 0 Å². The molecule has 0 radical (unpaired) electrons. The van der Waals surface area contributed by atoms with Crippen molar-refractivity contribution in [3.05, 3.63) is 58.7 Å². The molecule has 0 saturated heterocycles. The van der Waals surface area contributed by atoms with Crippen LogP contribution in [0.3, 0.4) is 0 Å². The quantitative estimate of drug-likeness (QED) is 0.419. The molecule has 0 unspecified atom stereocenters. The molecule has 0 fully saturated rings. The number of fused-ring (bicyclic) bond motifs is 3. The number of hydrogen-bond acceptors (Lipinski definition) is 0. The van der Waals surface area contributed by atoms with Gasteiger partial charge in [-0.1, -0.05) is 36.4 Å². The molecule has 0 bridgehead atoms. The minimum Gasteiger partial charge on any atom is -1.00 e. The molecule has 0 N–H and O–H groups in total. The predicted octanol–water partition coefficient (Wildman–Crippen LogP) is 2.34. The molecular weight excluding hydrogens is 223 g/mol. The van der Waals surface area contributed by atoms with Gasteiger partial charge >= 0.3 is 18.9 Å². The van der Waals surface area contributed by atoms with Crippen molar-refractivity contribution in [2.75, 3.05) is 0 Å². The van der Waals surface area contributed by atoms with Crippen LogP contribution in [0.1, 0.15) is 23.7 Å². The molecule has 0 aromatic heterocycles. The largest absolute Gasteiger partial charge is 1.00 e. The molecule has 0 heterocycles. The van der Waals surface area contributed by atoms with Gasteiger partial charge in [-0.15, -0.1) is 0 Å². The molecule has 3 aromatic carbocycles. The van der Waals surface area contributed by atoms with Crippen molar-refractivity contribution in [3.8, 4) is 0 Å². The van der Waals surface area contributed by atoms with E-state index in [1.165, 1.54) is 43.8 Å². The molecule has 0 nitrogen and oxygen atoms in total. The van der Waals surface area contributed by atoms with Gasteiger partial charge in [0.05, 0.1) is 0 Å². The molecule has 0 aliphatic heterocycles. The Bertz CT molecular complexity index is 775. The Morgan fingerprint density at radius 2 is 1.26 bits per heavy atom. The van der Waals surface area contributed by atoms with Gasteiger partial charge in [0.2, 0.25) is 0 Å². The van der Waals surface area contributed by atoms with Gasteiger partial charge in [0, 0.05) is 0 Å². The zero-order chi connectivity index (χ0) is 12.9.